The molecule has 0 bridgehead atoms. The van der Waals surface area contributed by atoms with E-state index in [-0.39, 0.29) is 31.1 Å². The van der Waals surface area contributed by atoms with Crippen molar-refractivity contribution in [1.29, 1.82) is 0 Å². The lowest BCUT2D eigenvalue weighted by molar-refractivity contribution is -0.167. The van der Waals surface area contributed by atoms with Crippen LogP contribution in [0, 0.1) is 0 Å². The van der Waals surface area contributed by atoms with Crippen molar-refractivity contribution in [3.05, 3.63) is 109 Å². The van der Waals surface area contributed by atoms with Crippen LogP contribution in [0.2, 0.25) is 0 Å². The number of ether oxygens (including phenoxy) is 3. The monoisotopic (exact) mass is 1120 g/mol. The van der Waals surface area contributed by atoms with E-state index in [1.165, 1.54) is 154 Å². The van der Waals surface area contributed by atoms with E-state index in [4.69, 9.17) is 14.2 Å². The van der Waals surface area contributed by atoms with E-state index < -0.39 is 6.10 Å². The highest BCUT2D eigenvalue weighted by Gasteiger charge is 2.19. The lowest BCUT2D eigenvalue weighted by Crippen LogP contribution is -2.30. The van der Waals surface area contributed by atoms with Crippen molar-refractivity contribution < 1.29 is 28.6 Å². The molecular weight excluding hydrogens is 997 g/mol. The number of allylic oxidation sites excluding steroid dienone is 18. The molecule has 0 amide bonds. The molecule has 464 valence electrons. The van der Waals surface area contributed by atoms with Gasteiger partial charge in [-0.1, -0.05) is 316 Å². The molecule has 0 N–H and O–H groups in total. The summed E-state index contributed by atoms with van der Waals surface area (Å²) in [6, 6.07) is 0. The van der Waals surface area contributed by atoms with Crippen LogP contribution in [0.5, 0.6) is 0 Å². The zero-order valence-electron chi connectivity index (χ0n) is 53.3. The number of hydrogen-bond donors (Lipinski definition) is 0. The van der Waals surface area contributed by atoms with Gasteiger partial charge in [0.2, 0.25) is 0 Å². The van der Waals surface area contributed by atoms with E-state index in [9.17, 15) is 14.4 Å². The first-order chi connectivity index (χ1) is 40.0. The number of unbranched alkanes of at least 4 members (excludes halogenated alkanes) is 33. The normalized spacial score (nSPS) is 12.8. The minimum absolute atomic E-state index is 0.0949. The molecule has 0 heterocycles. The van der Waals surface area contributed by atoms with Crippen LogP contribution in [0.3, 0.4) is 0 Å². The molecular formula is C75H128O6. The Labute approximate surface area is 501 Å². The number of carbonyl (C=O) groups is 3. The van der Waals surface area contributed by atoms with Gasteiger partial charge in [0.1, 0.15) is 13.2 Å². The van der Waals surface area contributed by atoms with Crippen molar-refractivity contribution in [2.75, 3.05) is 13.2 Å². The highest BCUT2D eigenvalue weighted by molar-refractivity contribution is 5.71. The second-order valence-electron chi connectivity index (χ2n) is 22.7. The van der Waals surface area contributed by atoms with Gasteiger partial charge >= 0.3 is 17.9 Å². The summed E-state index contributed by atoms with van der Waals surface area (Å²) >= 11 is 0. The van der Waals surface area contributed by atoms with Crippen molar-refractivity contribution >= 4 is 17.9 Å². The number of esters is 3. The SMILES string of the molecule is CC/C=C\C/C=C\C/C=C\C/C=C\C/C=C\C/C=C\C/C=C\CCCCCC(=O)OCC(COC(=O)CCCCCCC/C=C\C/C=C\CCCC)OC(=O)CCCCCCCCCCCCCCCCCCCCCCCCCC. The summed E-state index contributed by atoms with van der Waals surface area (Å²) in [5.74, 6) is -0.929. The van der Waals surface area contributed by atoms with Gasteiger partial charge in [0.25, 0.3) is 0 Å². The van der Waals surface area contributed by atoms with E-state index in [0.717, 1.165) is 135 Å². The summed E-state index contributed by atoms with van der Waals surface area (Å²) in [6.07, 6.45) is 93.9. The van der Waals surface area contributed by atoms with Crippen molar-refractivity contribution in [3.8, 4) is 0 Å². The van der Waals surface area contributed by atoms with Crippen LogP contribution in [0.15, 0.2) is 109 Å². The fourth-order valence-corrected chi connectivity index (χ4v) is 9.62. The topological polar surface area (TPSA) is 78.9 Å². The lowest BCUT2D eigenvalue weighted by atomic mass is 10.0. The molecule has 0 radical (unpaired) electrons. The average Bonchev–Trinajstić information content (AvgIpc) is 3.47. The highest BCUT2D eigenvalue weighted by atomic mass is 16.6. The number of carbonyl (C=O) groups excluding carboxylic acids is 3. The minimum atomic E-state index is -0.800. The van der Waals surface area contributed by atoms with Crippen LogP contribution in [0.1, 0.15) is 329 Å². The number of hydrogen-bond acceptors (Lipinski definition) is 6. The maximum atomic E-state index is 13.0. The maximum Gasteiger partial charge on any atom is 0.306 e. The van der Waals surface area contributed by atoms with Gasteiger partial charge in [-0.25, -0.2) is 0 Å². The molecule has 6 nitrogen and oxygen atoms in total. The van der Waals surface area contributed by atoms with E-state index in [2.05, 4.69) is 130 Å². The van der Waals surface area contributed by atoms with Gasteiger partial charge in [0.15, 0.2) is 6.10 Å². The Morgan fingerprint density at radius 3 is 0.802 bits per heavy atom. The first-order valence-electron chi connectivity index (χ1n) is 34.4. The first kappa shape index (κ1) is 77.1. The zero-order valence-corrected chi connectivity index (χ0v) is 53.3. The predicted octanol–water partition coefficient (Wildman–Crippen LogP) is 23.8. The van der Waals surface area contributed by atoms with Gasteiger partial charge in [0.05, 0.1) is 0 Å². The van der Waals surface area contributed by atoms with Crippen LogP contribution in [0.4, 0.5) is 0 Å². The average molecular weight is 1130 g/mol. The van der Waals surface area contributed by atoms with Crippen LogP contribution in [-0.4, -0.2) is 37.2 Å². The maximum absolute atomic E-state index is 13.0. The van der Waals surface area contributed by atoms with Gasteiger partial charge in [-0.3, -0.25) is 14.4 Å². The molecule has 0 aliphatic rings. The van der Waals surface area contributed by atoms with Crippen LogP contribution in [0.25, 0.3) is 0 Å². The first-order valence-corrected chi connectivity index (χ1v) is 34.4. The van der Waals surface area contributed by atoms with Gasteiger partial charge in [-0.2, -0.15) is 0 Å². The summed E-state index contributed by atoms with van der Waals surface area (Å²) in [6.45, 7) is 6.48. The van der Waals surface area contributed by atoms with Crippen molar-refractivity contribution in [2.45, 2.75) is 335 Å². The second kappa shape index (κ2) is 68.6. The largest absolute Gasteiger partial charge is 0.462 e. The molecule has 1 unspecified atom stereocenters. The molecule has 0 aromatic rings. The van der Waals surface area contributed by atoms with Gasteiger partial charge in [0, 0.05) is 19.3 Å². The molecule has 0 aliphatic heterocycles. The molecule has 0 fully saturated rings. The molecule has 0 spiro atoms. The molecule has 1 atom stereocenters. The van der Waals surface area contributed by atoms with Crippen molar-refractivity contribution in [3.63, 3.8) is 0 Å². The standard InChI is InChI=1S/C75H128O6/c1-4-7-10-13-16-19-22-25-28-30-32-34-36-38-40-41-43-45-47-50-53-56-59-62-65-68-74(77)80-71-72(70-79-73(76)67-64-61-58-55-52-49-27-24-21-18-15-12-9-6-3)81-75(78)69-66-63-60-57-54-51-48-46-44-42-39-37-35-33-31-29-26-23-20-17-14-11-8-5-2/h7,10,15-16,18-19,24-25,27-28,32,34,38,40,43,45,50,53,72H,4-6,8-9,11-14,17,20-23,26,29-31,33,35-37,39,41-42,44,46-49,51-52,54-71H2,1-3H3/b10-7-,18-15-,19-16-,27-24-,28-25-,34-32-,40-38-,45-43-,53-50-. The summed E-state index contributed by atoms with van der Waals surface area (Å²) in [4.78, 5) is 38.4. The zero-order chi connectivity index (χ0) is 58.5. The fourth-order valence-electron chi connectivity index (χ4n) is 9.62. The van der Waals surface area contributed by atoms with E-state index in [1.807, 2.05) is 0 Å². The Balaban J connectivity index is 4.39. The quantitative estimate of drug-likeness (QED) is 0.0261. The van der Waals surface area contributed by atoms with Crippen LogP contribution < -0.4 is 0 Å². The second-order valence-corrected chi connectivity index (χ2v) is 22.7. The minimum Gasteiger partial charge on any atom is -0.462 e. The molecule has 0 rings (SSSR count). The van der Waals surface area contributed by atoms with E-state index >= 15 is 0 Å². The molecule has 0 aliphatic carbocycles. The third-order valence-electron chi connectivity index (χ3n) is 14.8. The molecule has 0 aromatic heterocycles. The van der Waals surface area contributed by atoms with Crippen LogP contribution in [-0.2, 0) is 28.6 Å². The Kier molecular flexibility index (Phi) is 65.2. The van der Waals surface area contributed by atoms with E-state index in [1.54, 1.807) is 0 Å². The summed E-state index contributed by atoms with van der Waals surface area (Å²) in [7, 11) is 0. The van der Waals surface area contributed by atoms with Gasteiger partial charge in [-0.05, 0) is 103 Å². The van der Waals surface area contributed by atoms with E-state index in [0.29, 0.717) is 19.3 Å². The van der Waals surface area contributed by atoms with Gasteiger partial charge in [-0.15, -0.1) is 0 Å². The Hall–Kier alpha value is -3.93. The number of rotatable bonds is 62. The molecule has 0 aromatic carbocycles. The Bertz CT molecular complexity index is 1620. The smallest absolute Gasteiger partial charge is 0.306 e. The Morgan fingerprint density at radius 2 is 0.494 bits per heavy atom. The summed E-state index contributed by atoms with van der Waals surface area (Å²) < 4.78 is 16.9. The fraction of sp³-hybridized carbons (Fsp3) is 0.720. The Morgan fingerprint density at radius 1 is 0.259 bits per heavy atom. The highest BCUT2D eigenvalue weighted by Crippen LogP contribution is 2.17. The van der Waals surface area contributed by atoms with Crippen LogP contribution >= 0.6 is 0 Å². The summed E-state index contributed by atoms with van der Waals surface area (Å²) in [5, 5.41) is 0. The third-order valence-corrected chi connectivity index (χ3v) is 14.8. The molecule has 81 heavy (non-hydrogen) atoms. The van der Waals surface area contributed by atoms with Crippen molar-refractivity contribution in [1.82, 2.24) is 0 Å². The van der Waals surface area contributed by atoms with Crippen molar-refractivity contribution in [2.24, 2.45) is 0 Å². The predicted molar refractivity (Wildman–Crippen MR) is 353 cm³/mol. The third kappa shape index (κ3) is 66.8. The molecule has 0 saturated carbocycles. The molecule has 6 heteroatoms. The van der Waals surface area contributed by atoms with Gasteiger partial charge < -0.3 is 14.2 Å². The lowest BCUT2D eigenvalue weighted by Gasteiger charge is -2.18. The summed E-state index contributed by atoms with van der Waals surface area (Å²) in [5.41, 5.74) is 0. The molecule has 0 saturated heterocycles.